The molecule has 0 aromatic carbocycles. The van der Waals surface area contributed by atoms with Crippen molar-refractivity contribution in [1.29, 1.82) is 0 Å². The van der Waals surface area contributed by atoms with Gasteiger partial charge < -0.3 is 0 Å². The van der Waals surface area contributed by atoms with Crippen LogP contribution in [0.3, 0.4) is 0 Å². The fourth-order valence-corrected chi connectivity index (χ4v) is 2.84. The van der Waals surface area contributed by atoms with Gasteiger partial charge in [-0.15, -0.1) is 6.42 Å². The van der Waals surface area contributed by atoms with Crippen molar-refractivity contribution in [3.8, 4) is 12.3 Å². The van der Waals surface area contributed by atoms with E-state index in [2.05, 4.69) is 10.8 Å². The standard InChI is InChI=1S/C10H18N2O2S/c1-4-5-11-6-8-12(9-7-11)15(13,14)10(2)3/h1,10H,5-9H2,2-3H3. The molecule has 1 aliphatic heterocycles. The molecular weight excluding hydrogens is 212 g/mol. The molecule has 1 fully saturated rings. The zero-order valence-electron chi connectivity index (χ0n) is 9.31. The van der Waals surface area contributed by atoms with Gasteiger partial charge in [-0.1, -0.05) is 5.92 Å². The Morgan fingerprint density at radius 1 is 1.27 bits per heavy atom. The van der Waals surface area contributed by atoms with Crippen LogP contribution in [0.25, 0.3) is 0 Å². The summed E-state index contributed by atoms with van der Waals surface area (Å²) in [5.74, 6) is 2.57. The third-order valence-corrected chi connectivity index (χ3v) is 4.88. The number of piperazine rings is 1. The highest BCUT2D eigenvalue weighted by atomic mass is 32.2. The summed E-state index contributed by atoms with van der Waals surface area (Å²) in [5.41, 5.74) is 0. The first-order valence-corrected chi connectivity index (χ1v) is 6.63. The Bertz CT molecular complexity index is 335. The molecule has 15 heavy (non-hydrogen) atoms. The Morgan fingerprint density at radius 3 is 2.20 bits per heavy atom. The lowest BCUT2D eigenvalue weighted by Crippen LogP contribution is -2.50. The summed E-state index contributed by atoms with van der Waals surface area (Å²) in [6.45, 7) is 6.61. The molecule has 0 aromatic rings. The molecule has 0 unspecified atom stereocenters. The molecular formula is C10H18N2O2S. The van der Waals surface area contributed by atoms with Crippen LogP contribution in [0.1, 0.15) is 13.8 Å². The lowest BCUT2D eigenvalue weighted by atomic mass is 10.4. The minimum absolute atomic E-state index is 0.336. The molecule has 0 bridgehead atoms. The monoisotopic (exact) mass is 230 g/mol. The summed E-state index contributed by atoms with van der Waals surface area (Å²) >= 11 is 0. The van der Waals surface area contributed by atoms with Crippen molar-refractivity contribution < 1.29 is 8.42 Å². The van der Waals surface area contributed by atoms with Gasteiger partial charge >= 0.3 is 0 Å². The van der Waals surface area contributed by atoms with Crippen LogP contribution >= 0.6 is 0 Å². The molecule has 86 valence electrons. The molecule has 0 aromatic heterocycles. The molecule has 0 radical (unpaired) electrons. The van der Waals surface area contributed by atoms with Gasteiger partial charge in [0.1, 0.15) is 0 Å². The second-order valence-corrected chi connectivity index (χ2v) is 6.46. The van der Waals surface area contributed by atoms with Crippen LogP contribution in [0.2, 0.25) is 0 Å². The average Bonchev–Trinajstić information content (AvgIpc) is 2.19. The Morgan fingerprint density at radius 2 is 1.80 bits per heavy atom. The number of sulfonamides is 1. The largest absolute Gasteiger partial charge is 0.290 e. The van der Waals surface area contributed by atoms with Crippen molar-refractivity contribution in [2.24, 2.45) is 0 Å². The van der Waals surface area contributed by atoms with E-state index in [0.717, 1.165) is 13.1 Å². The van der Waals surface area contributed by atoms with Gasteiger partial charge in [-0.05, 0) is 13.8 Å². The van der Waals surface area contributed by atoms with Gasteiger partial charge in [0, 0.05) is 26.2 Å². The Kier molecular flexibility index (Phi) is 4.14. The predicted molar refractivity (Wildman–Crippen MR) is 60.9 cm³/mol. The van der Waals surface area contributed by atoms with Crippen molar-refractivity contribution in [2.45, 2.75) is 19.1 Å². The quantitative estimate of drug-likeness (QED) is 0.640. The van der Waals surface area contributed by atoms with Gasteiger partial charge in [0.2, 0.25) is 10.0 Å². The summed E-state index contributed by atoms with van der Waals surface area (Å²) in [7, 11) is -3.08. The topological polar surface area (TPSA) is 40.6 Å². The average molecular weight is 230 g/mol. The zero-order valence-corrected chi connectivity index (χ0v) is 10.1. The van der Waals surface area contributed by atoms with Crippen molar-refractivity contribution in [2.75, 3.05) is 32.7 Å². The lowest BCUT2D eigenvalue weighted by Gasteiger charge is -2.33. The van der Waals surface area contributed by atoms with Gasteiger partial charge in [0.15, 0.2) is 0 Å². The highest BCUT2D eigenvalue weighted by Crippen LogP contribution is 2.11. The van der Waals surface area contributed by atoms with Crippen molar-refractivity contribution in [3.05, 3.63) is 0 Å². The van der Waals surface area contributed by atoms with Crippen LogP contribution in [-0.2, 0) is 10.0 Å². The summed E-state index contributed by atoms with van der Waals surface area (Å²) in [6.07, 6.45) is 5.20. The summed E-state index contributed by atoms with van der Waals surface area (Å²) in [4.78, 5) is 2.09. The van der Waals surface area contributed by atoms with Gasteiger partial charge in [-0.25, -0.2) is 8.42 Å². The van der Waals surface area contributed by atoms with Crippen molar-refractivity contribution >= 4 is 10.0 Å². The molecule has 0 spiro atoms. The molecule has 1 saturated heterocycles. The molecule has 0 atom stereocenters. The van der Waals surface area contributed by atoms with E-state index in [-0.39, 0.29) is 5.25 Å². The zero-order chi connectivity index (χ0) is 11.5. The smallest absolute Gasteiger partial charge is 0.216 e. The van der Waals surface area contributed by atoms with Gasteiger partial charge in [-0.3, -0.25) is 4.90 Å². The number of nitrogens with zero attached hydrogens (tertiary/aromatic N) is 2. The van der Waals surface area contributed by atoms with Crippen LogP contribution < -0.4 is 0 Å². The van der Waals surface area contributed by atoms with Crippen LogP contribution in [0.5, 0.6) is 0 Å². The van der Waals surface area contributed by atoms with E-state index in [1.807, 2.05) is 0 Å². The van der Waals surface area contributed by atoms with Gasteiger partial charge in [-0.2, -0.15) is 4.31 Å². The van der Waals surface area contributed by atoms with Crippen LogP contribution in [0, 0.1) is 12.3 Å². The molecule has 4 nitrogen and oxygen atoms in total. The lowest BCUT2D eigenvalue weighted by molar-refractivity contribution is 0.206. The SMILES string of the molecule is C#CCN1CCN(S(=O)(=O)C(C)C)CC1. The van der Waals surface area contributed by atoms with Crippen LogP contribution in [0.4, 0.5) is 0 Å². The Labute approximate surface area is 92.3 Å². The number of hydrogen-bond donors (Lipinski definition) is 0. The van der Waals surface area contributed by atoms with E-state index < -0.39 is 10.0 Å². The highest BCUT2D eigenvalue weighted by Gasteiger charge is 2.28. The van der Waals surface area contributed by atoms with Gasteiger partial charge in [0.25, 0.3) is 0 Å². The van der Waals surface area contributed by atoms with E-state index in [4.69, 9.17) is 6.42 Å². The highest BCUT2D eigenvalue weighted by molar-refractivity contribution is 7.89. The molecule has 1 aliphatic rings. The fraction of sp³-hybridized carbons (Fsp3) is 0.800. The minimum Gasteiger partial charge on any atom is -0.290 e. The maximum absolute atomic E-state index is 11.8. The molecule has 5 heteroatoms. The molecule has 1 rings (SSSR count). The first kappa shape index (κ1) is 12.5. The third kappa shape index (κ3) is 2.94. The van der Waals surface area contributed by atoms with Crippen LogP contribution in [0.15, 0.2) is 0 Å². The molecule has 0 amide bonds. The number of terminal acetylenes is 1. The van der Waals surface area contributed by atoms with Crippen molar-refractivity contribution in [3.63, 3.8) is 0 Å². The minimum atomic E-state index is -3.08. The normalized spacial score (nSPS) is 20.4. The van der Waals surface area contributed by atoms with Crippen molar-refractivity contribution in [1.82, 2.24) is 9.21 Å². The molecule has 0 aliphatic carbocycles. The first-order chi connectivity index (χ1) is 6.98. The van der Waals surface area contributed by atoms with E-state index >= 15 is 0 Å². The third-order valence-electron chi connectivity index (χ3n) is 2.60. The van der Waals surface area contributed by atoms with Gasteiger partial charge in [0.05, 0.1) is 11.8 Å². The fourth-order valence-electron chi connectivity index (χ4n) is 1.57. The summed E-state index contributed by atoms with van der Waals surface area (Å²) < 4.78 is 25.2. The second kappa shape index (κ2) is 4.97. The molecule has 1 heterocycles. The van der Waals surface area contributed by atoms with E-state index in [0.29, 0.717) is 19.6 Å². The predicted octanol–water partition coefficient (Wildman–Crippen LogP) is -0.0246. The number of rotatable bonds is 3. The first-order valence-electron chi connectivity index (χ1n) is 5.13. The second-order valence-electron chi connectivity index (χ2n) is 3.97. The van der Waals surface area contributed by atoms with E-state index in [9.17, 15) is 8.42 Å². The number of hydrogen-bond acceptors (Lipinski definition) is 3. The summed E-state index contributed by atoms with van der Waals surface area (Å²) in [5, 5.41) is -0.336. The summed E-state index contributed by atoms with van der Waals surface area (Å²) in [6, 6.07) is 0. The van der Waals surface area contributed by atoms with E-state index in [1.165, 1.54) is 0 Å². The van der Waals surface area contributed by atoms with E-state index in [1.54, 1.807) is 18.2 Å². The maximum Gasteiger partial charge on any atom is 0.216 e. The molecule has 0 saturated carbocycles. The van der Waals surface area contributed by atoms with Crippen LogP contribution in [-0.4, -0.2) is 55.6 Å². The Hall–Kier alpha value is -0.570. The maximum atomic E-state index is 11.8. The molecule has 0 N–H and O–H groups in total. The Balaban J connectivity index is 2.55.